The number of nitrogens with one attached hydrogen (secondary N) is 1. The third kappa shape index (κ3) is 1.17. The van der Waals surface area contributed by atoms with Gasteiger partial charge in [0.2, 0.25) is 4.77 Å². The minimum atomic E-state index is -0.726. The molecule has 0 amide bonds. The van der Waals surface area contributed by atoms with Crippen LogP contribution in [0.2, 0.25) is 0 Å². The maximum Gasteiger partial charge on any atom is 0.222 e. The van der Waals surface area contributed by atoms with E-state index in [2.05, 4.69) is 15.1 Å². The van der Waals surface area contributed by atoms with Gasteiger partial charge in [-0.25, -0.2) is 14.5 Å². The second-order valence-electron chi connectivity index (χ2n) is 2.92. The van der Waals surface area contributed by atoms with Crippen molar-refractivity contribution in [2.45, 2.75) is 13.0 Å². The Labute approximate surface area is 84.4 Å². The van der Waals surface area contributed by atoms with Gasteiger partial charge in [0.05, 0.1) is 11.7 Å². The molecule has 6 nitrogen and oxygen atoms in total. The lowest BCUT2D eigenvalue weighted by Crippen LogP contribution is -2.07. The van der Waals surface area contributed by atoms with Crippen LogP contribution in [0.1, 0.15) is 18.6 Å². The van der Waals surface area contributed by atoms with E-state index in [-0.39, 0.29) is 5.82 Å². The highest BCUT2D eigenvalue weighted by molar-refractivity contribution is 7.71. The number of aromatic nitrogens is 4. The Balaban J connectivity index is 2.93. The first kappa shape index (κ1) is 9.10. The molecule has 2 aromatic rings. The smallest absolute Gasteiger partial charge is 0.222 e. The number of rotatable bonds is 1. The van der Waals surface area contributed by atoms with Crippen LogP contribution in [0.15, 0.2) is 6.33 Å². The molecule has 1 atom stereocenters. The van der Waals surface area contributed by atoms with E-state index >= 15 is 0 Å². The summed E-state index contributed by atoms with van der Waals surface area (Å²) in [4.78, 5) is 7.94. The Kier molecular flexibility index (Phi) is 1.97. The van der Waals surface area contributed by atoms with Crippen molar-refractivity contribution < 1.29 is 5.11 Å². The van der Waals surface area contributed by atoms with Crippen LogP contribution in [0.25, 0.3) is 5.65 Å². The van der Waals surface area contributed by atoms with Crippen LogP contribution in [0.4, 0.5) is 5.82 Å². The zero-order chi connectivity index (χ0) is 10.3. The first-order valence-electron chi connectivity index (χ1n) is 4.01. The van der Waals surface area contributed by atoms with Gasteiger partial charge in [0.1, 0.15) is 12.1 Å². The third-order valence-corrected chi connectivity index (χ3v) is 2.20. The average molecular weight is 211 g/mol. The number of aliphatic hydroxyl groups excluding tert-OH is 1. The van der Waals surface area contributed by atoms with Crippen molar-refractivity contribution in [1.82, 2.24) is 19.6 Å². The van der Waals surface area contributed by atoms with Gasteiger partial charge in [0.25, 0.3) is 0 Å². The summed E-state index contributed by atoms with van der Waals surface area (Å²) in [5.41, 5.74) is 6.64. The molecule has 0 fully saturated rings. The Morgan fingerprint density at radius 1 is 1.71 bits per heavy atom. The summed E-state index contributed by atoms with van der Waals surface area (Å²) in [7, 11) is 0. The molecule has 0 spiro atoms. The molecule has 14 heavy (non-hydrogen) atoms. The average Bonchev–Trinajstić information content (AvgIpc) is 2.51. The Morgan fingerprint density at radius 2 is 2.43 bits per heavy atom. The molecule has 7 heteroatoms. The molecular weight excluding hydrogens is 202 g/mol. The quantitative estimate of drug-likeness (QED) is 0.594. The molecule has 2 heterocycles. The molecule has 0 saturated heterocycles. The fourth-order valence-corrected chi connectivity index (χ4v) is 1.57. The number of fused-ring (bicyclic) bond motifs is 1. The highest BCUT2D eigenvalue weighted by Crippen LogP contribution is 2.21. The van der Waals surface area contributed by atoms with Gasteiger partial charge in [0.15, 0.2) is 5.65 Å². The van der Waals surface area contributed by atoms with Crippen LogP contribution in [0, 0.1) is 4.77 Å². The molecule has 2 rings (SSSR count). The second-order valence-corrected chi connectivity index (χ2v) is 3.28. The van der Waals surface area contributed by atoms with E-state index in [1.54, 1.807) is 6.92 Å². The zero-order valence-corrected chi connectivity index (χ0v) is 8.25. The van der Waals surface area contributed by atoms with E-state index in [1.165, 1.54) is 10.8 Å². The fourth-order valence-electron chi connectivity index (χ4n) is 1.33. The molecule has 0 radical (unpaired) electrons. The first-order chi connectivity index (χ1) is 6.61. The summed E-state index contributed by atoms with van der Waals surface area (Å²) in [6.45, 7) is 1.60. The van der Waals surface area contributed by atoms with Gasteiger partial charge in [-0.15, -0.1) is 0 Å². The van der Waals surface area contributed by atoms with Crippen molar-refractivity contribution in [3.63, 3.8) is 0 Å². The summed E-state index contributed by atoms with van der Waals surface area (Å²) < 4.78 is 1.78. The third-order valence-electron chi connectivity index (χ3n) is 1.93. The number of nitrogen functional groups attached to an aromatic ring is 1. The van der Waals surface area contributed by atoms with E-state index in [9.17, 15) is 5.11 Å². The van der Waals surface area contributed by atoms with Crippen LogP contribution in [-0.2, 0) is 0 Å². The molecule has 2 aromatic heterocycles. The van der Waals surface area contributed by atoms with Crippen LogP contribution in [0.5, 0.6) is 0 Å². The minimum Gasteiger partial charge on any atom is -0.388 e. The Morgan fingerprint density at radius 3 is 3.07 bits per heavy atom. The van der Waals surface area contributed by atoms with Crippen molar-refractivity contribution in [2.75, 3.05) is 5.73 Å². The Hall–Kier alpha value is -1.47. The van der Waals surface area contributed by atoms with E-state index in [0.717, 1.165) is 0 Å². The normalized spacial score (nSPS) is 13.3. The molecule has 0 aliphatic rings. The Bertz CT molecular complexity index is 528. The van der Waals surface area contributed by atoms with Crippen molar-refractivity contribution in [3.8, 4) is 0 Å². The molecule has 0 saturated carbocycles. The van der Waals surface area contributed by atoms with E-state index in [0.29, 0.717) is 16.0 Å². The molecule has 4 N–H and O–H groups in total. The van der Waals surface area contributed by atoms with E-state index in [1.807, 2.05) is 0 Å². The number of aliphatic hydroxyl groups is 1. The van der Waals surface area contributed by atoms with Gasteiger partial charge >= 0.3 is 0 Å². The van der Waals surface area contributed by atoms with Crippen molar-refractivity contribution in [1.29, 1.82) is 0 Å². The highest BCUT2D eigenvalue weighted by Gasteiger charge is 2.14. The standard InChI is InChI=1S/C7H9N5OS/c1-3(13)4-5(8)11-7(14)12-6(4)9-2-10-12/h2-3,13H,1H3,(H,9,10)(H2,8,11,14). The van der Waals surface area contributed by atoms with Crippen LogP contribution < -0.4 is 5.73 Å². The monoisotopic (exact) mass is 211 g/mol. The molecule has 74 valence electrons. The number of hydrogen-bond donors (Lipinski definition) is 3. The maximum absolute atomic E-state index is 9.49. The van der Waals surface area contributed by atoms with Crippen LogP contribution >= 0.6 is 12.2 Å². The lowest BCUT2D eigenvalue weighted by molar-refractivity contribution is 0.200. The van der Waals surface area contributed by atoms with E-state index in [4.69, 9.17) is 18.0 Å². The van der Waals surface area contributed by atoms with Crippen LogP contribution in [0.3, 0.4) is 0 Å². The van der Waals surface area contributed by atoms with Crippen molar-refractivity contribution >= 4 is 23.7 Å². The minimum absolute atomic E-state index is 0.220. The van der Waals surface area contributed by atoms with E-state index < -0.39 is 6.10 Å². The van der Waals surface area contributed by atoms with Crippen molar-refractivity contribution in [3.05, 3.63) is 16.7 Å². The van der Waals surface area contributed by atoms with Gasteiger partial charge in [-0.3, -0.25) is 5.10 Å². The van der Waals surface area contributed by atoms with Crippen LogP contribution in [-0.4, -0.2) is 24.7 Å². The molecule has 0 aromatic carbocycles. The molecular formula is C7H9N5OS. The maximum atomic E-state index is 9.49. The van der Waals surface area contributed by atoms with Gasteiger partial charge in [-0.05, 0) is 19.1 Å². The first-order valence-corrected chi connectivity index (χ1v) is 4.41. The SMILES string of the molecule is CC(O)c1c(N)nc(=S)n2[nH]cnc12. The summed E-state index contributed by atoms with van der Waals surface area (Å²) in [5, 5.41) is 12.3. The van der Waals surface area contributed by atoms with Gasteiger partial charge in [0, 0.05) is 0 Å². The highest BCUT2D eigenvalue weighted by atomic mass is 32.1. The molecule has 0 bridgehead atoms. The lowest BCUT2D eigenvalue weighted by Gasteiger charge is -2.08. The number of H-pyrrole nitrogens is 1. The molecule has 0 aliphatic carbocycles. The predicted octanol–water partition coefficient (Wildman–Crippen LogP) is 0.422. The van der Waals surface area contributed by atoms with Gasteiger partial charge in [-0.2, -0.15) is 0 Å². The summed E-state index contributed by atoms with van der Waals surface area (Å²) in [6, 6.07) is 0. The summed E-state index contributed by atoms with van der Waals surface area (Å²) in [6.07, 6.45) is 0.745. The largest absolute Gasteiger partial charge is 0.388 e. The number of nitrogens with zero attached hydrogens (tertiary/aromatic N) is 3. The summed E-state index contributed by atoms with van der Waals surface area (Å²) >= 11 is 4.96. The molecule has 0 aliphatic heterocycles. The van der Waals surface area contributed by atoms with Gasteiger partial charge in [-0.1, -0.05) is 0 Å². The zero-order valence-electron chi connectivity index (χ0n) is 7.43. The lowest BCUT2D eigenvalue weighted by atomic mass is 10.2. The number of hydrogen-bond acceptors (Lipinski definition) is 5. The fraction of sp³-hybridized carbons (Fsp3) is 0.286. The van der Waals surface area contributed by atoms with Crippen molar-refractivity contribution in [2.24, 2.45) is 0 Å². The summed E-state index contributed by atoms with van der Waals surface area (Å²) in [5.74, 6) is 0.220. The second kappa shape index (κ2) is 3.03. The molecule has 1 unspecified atom stereocenters. The predicted molar refractivity (Wildman–Crippen MR) is 53.2 cm³/mol. The number of nitrogens with two attached hydrogens (primary N) is 1. The number of aromatic amines is 1. The van der Waals surface area contributed by atoms with Gasteiger partial charge < -0.3 is 10.8 Å². The topological polar surface area (TPSA) is 92.2 Å². The number of anilines is 1.